The van der Waals surface area contributed by atoms with Crippen LogP contribution in [0.3, 0.4) is 0 Å². The normalized spacial score (nSPS) is 9.07. The average molecular weight is 203 g/mol. The second kappa shape index (κ2) is 13.1. The van der Waals surface area contributed by atoms with E-state index in [1.54, 1.807) is 0 Å². The molecule has 0 atom stereocenters. The summed E-state index contributed by atoms with van der Waals surface area (Å²) in [7, 11) is 0. The molecule has 0 fully saturated rings. The highest BCUT2D eigenvalue weighted by molar-refractivity contribution is 5.18. The fraction of sp³-hybridized carbons (Fsp3) is 0.733. The molecule has 15 heavy (non-hydrogen) atoms. The summed E-state index contributed by atoms with van der Waals surface area (Å²) >= 11 is 0. The van der Waals surface area contributed by atoms with Crippen LogP contribution in [0, 0.1) is 24.2 Å². The highest BCUT2D eigenvalue weighted by atomic mass is 14.0. The van der Waals surface area contributed by atoms with E-state index in [1.807, 2.05) is 0 Å². The van der Waals surface area contributed by atoms with Crippen molar-refractivity contribution < 1.29 is 0 Å². The van der Waals surface area contributed by atoms with Gasteiger partial charge in [0.15, 0.2) is 0 Å². The van der Waals surface area contributed by atoms with E-state index in [1.165, 1.54) is 57.8 Å². The van der Waals surface area contributed by atoms with Crippen molar-refractivity contribution in [2.45, 2.75) is 71.1 Å². The molecule has 83 valence electrons. The Morgan fingerprint density at radius 2 is 1.33 bits per heavy atom. The predicted octanol–water partition coefficient (Wildman–Crippen LogP) is 4.50. The van der Waals surface area contributed by atoms with E-state index >= 15 is 0 Å². The van der Waals surface area contributed by atoms with E-state index in [0.717, 1.165) is 6.42 Å². The van der Waals surface area contributed by atoms with Gasteiger partial charge in [0.2, 0.25) is 0 Å². The van der Waals surface area contributed by atoms with E-state index in [0.29, 0.717) is 0 Å². The van der Waals surface area contributed by atoms with Crippen LogP contribution in [0.5, 0.6) is 0 Å². The first kappa shape index (κ1) is 14.1. The van der Waals surface area contributed by atoms with E-state index in [4.69, 9.17) is 6.42 Å². The lowest BCUT2D eigenvalue weighted by Crippen LogP contribution is -1.80. The summed E-state index contributed by atoms with van der Waals surface area (Å²) in [5.74, 6) is 7.53. The van der Waals surface area contributed by atoms with Crippen LogP contribution < -0.4 is 0 Å². The Morgan fingerprint density at radius 3 is 1.87 bits per heavy atom. The van der Waals surface area contributed by atoms with Crippen LogP contribution in [0.4, 0.5) is 0 Å². The monoisotopic (exact) mass is 203 g/mol. The van der Waals surface area contributed by atoms with Crippen LogP contribution >= 0.6 is 0 Å². The van der Waals surface area contributed by atoms with Gasteiger partial charge in [0.25, 0.3) is 0 Å². The van der Waals surface area contributed by atoms with Gasteiger partial charge in [0.1, 0.15) is 0 Å². The minimum atomic E-state index is 0.932. The summed E-state index contributed by atoms with van der Waals surface area (Å²) in [4.78, 5) is 0. The second-order valence-corrected chi connectivity index (χ2v) is 4.01. The zero-order valence-electron chi connectivity index (χ0n) is 10.1. The molecular formula is C15H23. The van der Waals surface area contributed by atoms with Gasteiger partial charge in [-0.1, -0.05) is 64.2 Å². The zero-order chi connectivity index (χ0) is 11.2. The molecule has 0 rings (SSSR count). The molecule has 0 aliphatic heterocycles. The molecule has 0 saturated heterocycles. The first-order valence-corrected chi connectivity index (χ1v) is 6.31. The topological polar surface area (TPSA) is 0 Å². The predicted molar refractivity (Wildman–Crippen MR) is 66.8 cm³/mol. The summed E-state index contributed by atoms with van der Waals surface area (Å²) in [5.41, 5.74) is 0. The van der Waals surface area contributed by atoms with Crippen LogP contribution in [0.25, 0.3) is 0 Å². The van der Waals surface area contributed by atoms with Gasteiger partial charge >= 0.3 is 0 Å². The van der Waals surface area contributed by atoms with Crippen LogP contribution in [0.1, 0.15) is 71.1 Å². The summed E-state index contributed by atoms with van der Waals surface area (Å²) in [6.45, 7) is 2.26. The van der Waals surface area contributed by atoms with E-state index in [-0.39, 0.29) is 0 Å². The van der Waals surface area contributed by atoms with Crippen molar-refractivity contribution in [2.75, 3.05) is 0 Å². The van der Waals surface area contributed by atoms with Crippen LogP contribution in [0.2, 0.25) is 0 Å². The third-order valence-corrected chi connectivity index (χ3v) is 2.56. The largest absolute Gasteiger partial charge is 0.0891 e. The van der Waals surface area contributed by atoms with E-state index in [9.17, 15) is 0 Å². The van der Waals surface area contributed by atoms with Crippen LogP contribution in [0.15, 0.2) is 0 Å². The molecule has 0 heterocycles. The maximum Gasteiger partial charge on any atom is 0.00989 e. The average Bonchev–Trinajstić information content (AvgIpc) is 2.26. The number of rotatable bonds is 9. The Hall–Kier alpha value is -0.880. The Kier molecular flexibility index (Phi) is 12.4. The van der Waals surface area contributed by atoms with Crippen molar-refractivity contribution in [3.05, 3.63) is 6.42 Å². The lowest BCUT2D eigenvalue weighted by atomic mass is 10.1. The first-order valence-electron chi connectivity index (χ1n) is 6.31. The summed E-state index contributed by atoms with van der Waals surface area (Å²) in [6, 6.07) is 0. The lowest BCUT2D eigenvalue weighted by Gasteiger charge is -1.99. The molecule has 0 aliphatic rings. The van der Waals surface area contributed by atoms with Crippen molar-refractivity contribution in [3.63, 3.8) is 0 Å². The number of hydrogen-bond donors (Lipinski definition) is 0. The molecule has 0 aromatic carbocycles. The Labute approximate surface area is 95.8 Å². The fourth-order valence-electron chi connectivity index (χ4n) is 1.63. The minimum Gasteiger partial charge on any atom is -0.0891 e. The second-order valence-electron chi connectivity index (χ2n) is 4.01. The molecule has 0 N–H and O–H groups in total. The van der Waals surface area contributed by atoms with Gasteiger partial charge in [0, 0.05) is 6.42 Å². The van der Waals surface area contributed by atoms with Crippen molar-refractivity contribution in [1.29, 1.82) is 0 Å². The van der Waals surface area contributed by atoms with Gasteiger partial charge in [0.05, 0.1) is 0 Å². The molecule has 0 heteroatoms. The van der Waals surface area contributed by atoms with E-state index < -0.39 is 0 Å². The molecule has 1 radical (unpaired) electrons. The molecule has 0 unspecified atom stereocenters. The van der Waals surface area contributed by atoms with Gasteiger partial charge < -0.3 is 0 Å². The molecule has 0 saturated carbocycles. The van der Waals surface area contributed by atoms with E-state index in [2.05, 4.69) is 24.7 Å². The Morgan fingerprint density at radius 1 is 0.800 bits per heavy atom. The number of unbranched alkanes of at least 4 members (excludes halogenated alkanes) is 9. The Balaban J connectivity index is 2.96. The van der Waals surface area contributed by atoms with Gasteiger partial charge in [-0.05, 0) is 24.7 Å². The van der Waals surface area contributed by atoms with Gasteiger partial charge in [-0.25, -0.2) is 0 Å². The highest BCUT2D eigenvalue weighted by Crippen LogP contribution is 2.09. The standard InChI is InChI=1S/C15H23/c1-3-5-7-9-11-13-15-14-12-10-8-6-4-2/h3,5,7,9-15H2,1H3. The quantitative estimate of drug-likeness (QED) is 0.382. The summed E-state index contributed by atoms with van der Waals surface area (Å²) in [5, 5.41) is 0. The van der Waals surface area contributed by atoms with Crippen LogP contribution in [-0.2, 0) is 0 Å². The first-order chi connectivity index (χ1) is 7.41. The van der Waals surface area contributed by atoms with Gasteiger partial charge in [-0.2, -0.15) is 0 Å². The molecule has 0 amide bonds. The zero-order valence-corrected chi connectivity index (χ0v) is 10.1. The maximum atomic E-state index is 6.61. The van der Waals surface area contributed by atoms with Gasteiger partial charge in [-0.15, -0.1) is 0 Å². The summed E-state index contributed by atoms with van der Waals surface area (Å²) in [6.07, 6.45) is 19.7. The molecule has 0 aromatic rings. The third kappa shape index (κ3) is 13.1. The van der Waals surface area contributed by atoms with Crippen molar-refractivity contribution >= 4 is 0 Å². The Bertz CT molecular complexity index is 208. The molecule has 0 nitrogen and oxygen atoms in total. The third-order valence-electron chi connectivity index (χ3n) is 2.56. The molecule has 0 aromatic heterocycles. The lowest BCUT2D eigenvalue weighted by molar-refractivity contribution is 0.567. The fourth-order valence-corrected chi connectivity index (χ4v) is 1.63. The maximum absolute atomic E-state index is 6.61. The molecular weight excluding hydrogens is 180 g/mol. The molecule has 0 spiro atoms. The molecule has 0 bridgehead atoms. The minimum absolute atomic E-state index is 0.932. The van der Waals surface area contributed by atoms with Crippen LogP contribution in [-0.4, -0.2) is 0 Å². The van der Waals surface area contributed by atoms with Crippen molar-refractivity contribution in [3.8, 4) is 17.8 Å². The smallest absolute Gasteiger partial charge is 0.00989 e. The van der Waals surface area contributed by atoms with Crippen molar-refractivity contribution in [1.82, 2.24) is 0 Å². The SMILES string of the molecule is [C]#CC#CCCCCCCCCCCC. The van der Waals surface area contributed by atoms with Gasteiger partial charge in [-0.3, -0.25) is 0 Å². The van der Waals surface area contributed by atoms with Crippen molar-refractivity contribution in [2.24, 2.45) is 0 Å². The highest BCUT2D eigenvalue weighted by Gasteiger charge is 1.90. The summed E-state index contributed by atoms with van der Waals surface area (Å²) < 4.78 is 0. The molecule has 0 aliphatic carbocycles. The number of hydrogen-bond acceptors (Lipinski definition) is 0.